The molecular formula is C16H17ClN2O. The van der Waals surface area contributed by atoms with Crippen LogP contribution in [0.5, 0.6) is 0 Å². The van der Waals surface area contributed by atoms with Crippen LogP contribution in [0.3, 0.4) is 0 Å². The van der Waals surface area contributed by atoms with Crippen LogP contribution in [0.25, 0.3) is 0 Å². The summed E-state index contributed by atoms with van der Waals surface area (Å²) >= 11 is 6.15. The molecule has 2 rings (SSSR count). The number of hydrogen-bond donors (Lipinski definition) is 0. The fourth-order valence-corrected chi connectivity index (χ4v) is 2.18. The van der Waals surface area contributed by atoms with E-state index >= 15 is 0 Å². The first-order valence-electron chi connectivity index (χ1n) is 6.58. The van der Waals surface area contributed by atoms with Crippen molar-refractivity contribution in [2.24, 2.45) is 0 Å². The maximum atomic E-state index is 12.5. The minimum atomic E-state index is -0.0730. The average molecular weight is 289 g/mol. The van der Waals surface area contributed by atoms with Crippen LogP contribution in [0.4, 0.5) is 0 Å². The van der Waals surface area contributed by atoms with E-state index < -0.39 is 0 Å². The van der Waals surface area contributed by atoms with Gasteiger partial charge >= 0.3 is 0 Å². The standard InChI is InChI=1S/C16H17ClN2O/c1-3-19(11-13-8-4-5-9-14(13)17)16(20)15-10-6-7-12(2)18-15/h4-10H,3,11H2,1-2H3. The predicted molar refractivity (Wildman–Crippen MR) is 80.8 cm³/mol. The Hall–Kier alpha value is -1.87. The summed E-state index contributed by atoms with van der Waals surface area (Å²) in [6.07, 6.45) is 0. The monoisotopic (exact) mass is 288 g/mol. The summed E-state index contributed by atoms with van der Waals surface area (Å²) in [7, 11) is 0. The van der Waals surface area contributed by atoms with E-state index in [1.54, 1.807) is 11.0 Å². The van der Waals surface area contributed by atoms with Crippen LogP contribution in [0.15, 0.2) is 42.5 Å². The van der Waals surface area contributed by atoms with Crippen molar-refractivity contribution in [3.63, 3.8) is 0 Å². The third kappa shape index (κ3) is 3.36. The first-order valence-corrected chi connectivity index (χ1v) is 6.96. The molecule has 2 aromatic rings. The Morgan fingerprint density at radius 3 is 2.60 bits per heavy atom. The number of carbonyl (C=O) groups excluding carboxylic acids is 1. The van der Waals surface area contributed by atoms with E-state index in [2.05, 4.69) is 4.98 Å². The Bertz CT molecular complexity index is 613. The second-order valence-electron chi connectivity index (χ2n) is 4.57. The zero-order chi connectivity index (χ0) is 14.5. The molecule has 0 aliphatic carbocycles. The third-order valence-corrected chi connectivity index (χ3v) is 3.46. The maximum Gasteiger partial charge on any atom is 0.272 e. The molecular weight excluding hydrogens is 272 g/mol. The highest BCUT2D eigenvalue weighted by molar-refractivity contribution is 6.31. The van der Waals surface area contributed by atoms with Crippen molar-refractivity contribution in [3.8, 4) is 0 Å². The minimum absolute atomic E-state index is 0.0730. The highest BCUT2D eigenvalue weighted by atomic mass is 35.5. The summed E-state index contributed by atoms with van der Waals surface area (Å²) in [5.41, 5.74) is 2.25. The van der Waals surface area contributed by atoms with Crippen molar-refractivity contribution >= 4 is 17.5 Å². The topological polar surface area (TPSA) is 33.2 Å². The van der Waals surface area contributed by atoms with Gasteiger partial charge in [-0.15, -0.1) is 0 Å². The Kier molecular flexibility index (Phi) is 4.74. The van der Waals surface area contributed by atoms with Gasteiger partial charge in [0.05, 0.1) is 0 Å². The van der Waals surface area contributed by atoms with Crippen molar-refractivity contribution in [1.82, 2.24) is 9.88 Å². The molecule has 4 heteroatoms. The van der Waals surface area contributed by atoms with Gasteiger partial charge < -0.3 is 4.90 Å². The summed E-state index contributed by atoms with van der Waals surface area (Å²) in [6, 6.07) is 13.0. The summed E-state index contributed by atoms with van der Waals surface area (Å²) in [6.45, 7) is 4.93. The molecule has 104 valence electrons. The van der Waals surface area contributed by atoms with Crippen molar-refractivity contribution < 1.29 is 4.79 Å². The average Bonchev–Trinajstić information content (AvgIpc) is 2.46. The molecule has 3 nitrogen and oxygen atoms in total. The number of halogens is 1. The van der Waals surface area contributed by atoms with Crippen LogP contribution in [-0.4, -0.2) is 22.3 Å². The van der Waals surface area contributed by atoms with Gasteiger partial charge in [-0.05, 0) is 37.6 Å². The van der Waals surface area contributed by atoms with Gasteiger partial charge in [0.25, 0.3) is 5.91 Å². The molecule has 0 unspecified atom stereocenters. The Morgan fingerprint density at radius 1 is 1.20 bits per heavy atom. The van der Waals surface area contributed by atoms with Crippen LogP contribution in [0.1, 0.15) is 28.7 Å². The SMILES string of the molecule is CCN(Cc1ccccc1Cl)C(=O)c1cccc(C)n1. The molecule has 0 N–H and O–H groups in total. The van der Waals surface area contributed by atoms with Crippen molar-refractivity contribution in [2.75, 3.05) is 6.54 Å². The molecule has 0 radical (unpaired) electrons. The van der Waals surface area contributed by atoms with Crippen molar-refractivity contribution in [2.45, 2.75) is 20.4 Å². The summed E-state index contributed by atoms with van der Waals surface area (Å²) < 4.78 is 0. The van der Waals surface area contributed by atoms with E-state index in [9.17, 15) is 4.79 Å². The zero-order valence-corrected chi connectivity index (χ0v) is 12.4. The van der Waals surface area contributed by atoms with Crippen LogP contribution >= 0.6 is 11.6 Å². The lowest BCUT2D eigenvalue weighted by Crippen LogP contribution is -2.31. The van der Waals surface area contributed by atoms with Gasteiger partial charge in [0.1, 0.15) is 5.69 Å². The van der Waals surface area contributed by atoms with Gasteiger partial charge in [0.15, 0.2) is 0 Å². The zero-order valence-electron chi connectivity index (χ0n) is 11.6. The molecule has 0 aliphatic rings. The number of aryl methyl sites for hydroxylation is 1. The lowest BCUT2D eigenvalue weighted by Gasteiger charge is -2.21. The van der Waals surface area contributed by atoms with Gasteiger partial charge in [0.2, 0.25) is 0 Å². The van der Waals surface area contributed by atoms with E-state index in [4.69, 9.17) is 11.6 Å². The van der Waals surface area contributed by atoms with Crippen LogP contribution in [0, 0.1) is 6.92 Å². The Labute approximate surface area is 124 Å². The molecule has 1 aromatic carbocycles. The number of benzene rings is 1. The lowest BCUT2D eigenvalue weighted by atomic mass is 10.2. The fourth-order valence-electron chi connectivity index (χ4n) is 1.98. The number of nitrogens with zero attached hydrogens (tertiary/aromatic N) is 2. The highest BCUT2D eigenvalue weighted by Crippen LogP contribution is 2.18. The predicted octanol–water partition coefficient (Wildman–Crippen LogP) is 3.71. The second kappa shape index (κ2) is 6.53. The largest absolute Gasteiger partial charge is 0.333 e. The van der Waals surface area contributed by atoms with Gasteiger partial charge in [0, 0.05) is 23.8 Å². The number of rotatable bonds is 4. The van der Waals surface area contributed by atoms with Gasteiger partial charge in [-0.25, -0.2) is 4.98 Å². The second-order valence-corrected chi connectivity index (χ2v) is 4.98. The molecule has 1 heterocycles. The third-order valence-electron chi connectivity index (χ3n) is 3.10. The number of carbonyl (C=O) groups is 1. The van der Waals surface area contributed by atoms with E-state index in [0.29, 0.717) is 23.8 Å². The minimum Gasteiger partial charge on any atom is -0.333 e. The molecule has 1 aromatic heterocycles. The number of amides is 1. The van der Waals surface area contributed by atoms with E-state index in [-0.39, 0.29) is 5.91 Å². The van der Waals surface area contributed by atoms with E-state index in [0.717, 1.165) is 11.3 Å². The molecule has 0 spiro atoms. The van der Waals surface area contributed by atoms with Crippen molar-refractivity contribution in [3.05, 3.63) is 64.4 Å². The van der Waals surface area contributed by atoms with E-state index in [1.807, 2.05) is 50.2 Å². The highest BCUT2D eigenvalue weighted by Gasteiger charge is 2.16. The summed E-state index contributed by atoms with van der Waals surface area (Å²) in [5.74, 6) is -0.0730. The molecule has 0 saturated carbocycles. The number of hydrogen-bond acceptors (Lipinski definition) is 2. The van der Waals surface area contributed by atoms with Crippen LogP contribution in [0.2, 0.25) is 5.02 Å². The number of aromatic nitrogens is 1. The van der Waals surface area contributed by atoms with Crippen LogP contribution < -0.4 is 0 Å². The molecule has 1 amide bonds. The smallest absolute Gasteiger partial charge is 0.272 e. The molecule has 0 atom stereocenters. The molecule has 0 bridgehead atoms. The first kappa shape index (κ1) is 14.5. The van der Waals surface area contributed by atoms with E-state index in [1.165, 1.54) is 0 Å². The maximum absolute atomic E-state index is 12.5. The van der Waals surface area contributed by atoms with Crippen LogP contribution in [-0.2, 0) is 6.54 Å². The first-order chi connectivity index (χ1) is 9.61. The van der Waals surface area contributed by atoms with Gasteiger partial charge in [-0.1, -0.05) is 35.9 Å². The fraction of sp³-hybridized carbons (Fsp3) is 0.250. The van der Waals surface area contributed by atoms with Crippen molar-refractivity contribution in [1.29, 1.82) is 0 Å². The van der Waals surface area contributed by atoms with Gasteiger partial charge in [-0.2, -0.15) is 0 Å². The molecule has 0 fully saturated rings. The molecule has 20 heavy (non-hydrogen) atoms. The van der Waals surface area contributed by atoms with Gasteiger partial charge in [-0.3, -0.25) is 4.79 Å². The summed E-state index contributed by atoms with van der Waals surface area (Å²) in [5, 5.41) is 0.677. The lowest BCUT2D eigenvalue weighted by molar-refractivity contribution is 0.0746. The molecule has 0 saturated heterocycles. The Morgan fingerprint density at radius 2 is 1.95 bits per heavy atom. The normalized spacial score (nSPS) is 10.3. The quantitative estimate of drug-likeness (QED) is 0.859. The summed E-state index contributed by atoms with van der Waals surface area (Å²) in [4.78, 5) is 18.5. The Balaban J connectivity index is 2.20. The number of pyridine rings is 1. The molecule has 0 aliphatic heterocycles.